The molecule has 0 amide bonds. The van der Waals surface area contributed by atoms with Crippen LogP contribution in [0.4, 0.5) is 0 Å². The van der Waals surface area contributed by atoms with Crippen LogP contribution in [0, 0.1) is 5.92 Å². The van der Waals surface area contributed by atoms with E-state index in [0.717, 1.165) is 36.5 Å². The van der Waals surface area contributed by atoms with Gasteiger partial charge in [0, 0.05) is 11.8 Å². The molecule has 154 valence electrons. The third kappa shape index (κ3) is 8.04. The van der Waals surface area contributed by atoms with Crippen LogP contribution in [0.15, 0.2) is 42.6 Å². The summed E-state index contributed by atoms with van der Waals surface area (Å²) in [5.74, 6) is 1.65. The SMILES string of the molecule is CCCCCCCCCc1ccnc(-c2ccccc2OCCC(C)CC)c1. The number of hydrogen-bond acceptors (Lipinski definition) is 2. The van der Waals surface area contributed by atoms with Gasteiger partial charge in [-0.1, -0.05) is 77.8 Å². The number of para-hydroxylation sites is 1. The number of aryl methyl sites for hydroxylation is 1. The lowest BCUT2D eigenvalue weighted by Crippen LogP contribution is -2.04. The highest BCUT2D eigenvalue weighted by Gasteiger charge is 2.09. The van der Waals surface area contributed by atoms with Crippen molar-refractivity contribution in [1.82, 2.24) is 4.98 Å². The molecule has 0 saturated carbocycles. The maximum absolute atomic E-state index is 6.11. The lowest BCUT2D eigenvalue weighted by atomic mass is 10.0. The summed E-state index contributed by atoms with van der Waals surface area (Å²) in [4.78, 5) is 4.63. The lowest BCUT2D eigenvalue weighted by Gasteiger charge is -2.13. The Bertz CT molecular complexity index is 667. The number of unbranched alkanes of at least 4 members (excludes halogenated alkanes) is 6. The summed E-state index contributed by atoms with van der Waals surface area (Å²) in [6.07, 6.45) is 14.8. The van der Waals surface area contributed by atoms with Crippen LogP contribution in [-0.4, -0.2) is 11.6 Å². The second-order valence-electron chi connectivity index (χ2n) is 8.07. The fourth-order valence-corrected chi connectivity index (χ4v) is 3.44. The molecule has 0 saturated heterocycles. The van der Waals surface area contributed by atoms with Gasteiger partial charge in [0.05, 0.1) is 12.3 Å². The van der Waals surface area contributed by atoms with Gasteiger partial charge < -0.3 is 4.74 Å². The quantitative estimate of drug-likeness (QED) is 0.311. The molecule has 2 rings (SSSR count). The predicted octanol–water partition coefficient (Wildman–Crippen LogP) is 7.86. The first kappa shape index (κ1) is 22.5. The number of hydrogen-bond donors (Lipinski definition) is 0. The van der Waals surface area contributed by atoms with Crippen LogP contribution in [0.3, 0.4) is 0 Å². The number of pyridine rings is 1. The topological polar surface area (TPSA) is 22.1 Å². The molecule has 1 aromatic carbocycles. The smallest absolute Gasteiger partial charge is 0.128 e. The van der Waals surface area contributed by atoms with Crippen LogP contribution in [-0.2, 0) is 6.42 Å². The van der Waals surface area contributed by atoms with E-state index in [4.69, 9.17) is 4.74 Å². The maximum atomic E-state index is 6.11. The molecule has 0 fully saturated rings. The van der Waals surface area contributed by atoms with Crippen LogP contribution in [0.2, 0.25) is 0 Å². The highest BCUT2D eigenvalue weighted by atomic mass is 16.5. The molecule has 0 aliphatic rings. The summed E-state index contributed by atoms with van der Waals surface area (Å²) in [5, 5.41) is 0. The molecule has 28 heavy (non-hydrogen) atoms. The van der Waals surface area contributed by atoms with Crippen LogP contribution >= 0.6 is 0 Å². The molecule has 0 bridgehead atoms. The fourth-order valence-electron chi connectivity index (χ4n) is 3.44. The molecule has 1 unspecified atom stereocenters. The van der Waals surface area contributed by atoms with Crippen molar-refractivity contribution < 1.29 is 4.74 Å². The van der Waals surface area contributed by atoms with E-state index < -0.39 is 0 Å². The van der Waals surface area contributed by atoms with E-state index >= 15 is 0 Å². The fraction of sp³-hybridized carbons (Fsp3) is 0.577. The van der Waals surface area contributed by atoms with Crippen LogP contribution in [0.1, 0.15) is 84.1 Å². The first-order chi connectivity index (χ1) is 13.7. The van der Waals surface area contributed by atoms with Crippen LogP contribution in [0.5, 0.6) is 5.75 Å². The predicted molar refractivity (Wildman–Crippen MR) is 121 cm³/mol. The van der Waals surface area contributed by atoms with E-state index in [9.17, 15) is 0 Å². The molecule has 1 aromatic heterocycles. The summed E-state index contributed by atoms with van der Waals surface area (Å²) in [6, 6.07) is 12.7. The highest BCUT2D eigenvalue weighted by molar-refractivity contribution is 5.67. The van der Waals surface area contributed by atoms with E-state index in [1.165, 1.54) is 56.9 Å². The Hall–Kier alpha value is -1.83. The van der Waals surface area contributed by atoms with E-state index in [0.29, 0.717) is 5.92 Å². The monoisotopic (exact) mass is 381 g/mol. The summed E-state index contributed by atoms with van der Waals surface area (Å²) in [7, 11) is 0. The normalized spacial score (nSPS) is 12.1. The zero-order chi connectivity index (χ0) is 20.0. The van der Waals surface area contributed by atoms with Gasteiger partial charge in [-0.25, -0.2) is 0 Å². The minimum absolute atomic E-state index is 0.704. The third-order valence-corrected chi connectivity index (χ3v) is 5.62. The molecule has 1 heterocycles. The molecule has 0 radical (unpaired) electrons. The molecule has 0 spiro atoms. The Morgan fingerprint density at radius 1 is 0.929 bits per heavy atom. The number of benzene rings is 1. The second kappa shape index (κ2) is 13.4. The van der Waals surface area contributed by atoms with Gasteiger partial charge in [-0.3, -0.25) is 4.98 Å². The molecular formula is C26H39NO. The molecule has 2 heteroatoms. The standard InChI is InChI=1S/C26H39NO/c1-4-6-7-8-9-10-11-14-23-17-19-27-25(21-23)24-15-12-13-16-26(24)28-20-18-22(3)5-2/h12-13,15-17,19,21-22H,4-11,14,18,20H2,1-3H3. The average Bonchev–Trinajstić information content (AvgIpc) is 2.73. The lowest BCUT2D eigenvalue weighted by molar-refractivity contribution is 0.282. The number of ether oxygens (including phenoxy) is 1. The van der Waals surface area contributed by atoms with Gasteiger partial charge in [0.15, 0.2) is 0 Å². The van der Waals surface area contributed by atoms with Gasteiger partial charge in [-0.15, -0.1) is 0 Å². The summed E-state index contributed by atoms with van der Waals surface area (Å²) in [6.45, 7) is 7.56. The summed E-state index contributed by atoms with van der Waals surface area (Å²) < 4.78 is 6.11. The van der Waals surface area contributed by atoms with E-state index in [1.807, 2.05) is 12.3 Å². The van der Waals surface area contributed by atoms with Gasteiger partial charge >= 0.3 is 0 Å². The average molecular weight is 382 g/mol. The largest absolute Gasteiger partial charge is 0.493 e. The number of nitrogens with zero attached hydrogens (tertiary/aromatic N) is 1. The van der Waals surface area contributed by atoms with E-state index in [1.54, 1.807) is 0 Å². The van der Waals surface area contributed by atoms with Crippen molar-refractivity contribution in [2.75, 3.05) is 6.61 Å². The highest BCUT2D eigenvalue weighted by Crippen LogP contribution is 2.29. The zero-order valence-electron chi connectivity index (χ0n) is 18.3. The van der Waals surface area contributed by atoms with Crippen molar-refractivity contribution >= 4 is 0 Å². The van der Waals surface area contributed by atoms with E-state index in [2.05, 4.69) is 56.1 Å². The minimum atomic E-state index is 0.704. The Morgan fingerprint density at radius 2 is 1.68 bits per heavy atom. The second-order valence-corrected chi connectivity index (χ2v) is 8.07. The maximum Gasteiger partial charge on any atom is 0.128 e. The van der Waals surface area contributed by atoms with Gasteiger partial charge in [-0.05, 0) is 55.0 Å². The van der Waals surface area contributed by atoms with Crippen molar-refractivity contribution in [3.63, 3.8) is 0 Å². The van der Waals surface area contributed by atoms with Crippen molar-refractivity contribution in [3.05, 3.63) is 48.2 Å². The Labute approximate surface area is 172 Å². The van der Waals surface area contributed by atoms with E-state index in [-0.39, 0.29) is 0 Å². The van der Waals surface area contributed by atoms with Gasteiger partial charge in [-0.2, -0.15) is 0 Å². The molecule has 1 atom stereocenters. The summed E-state index contributed by atoms with van der Waals surface area (Å²) >= 11 is 0. The third-order valence-electron chi connectivity index (χ3n) is 5.62. The first-order valence-corrected chi connectivity index (χ1v) is 11.4. The molecular weight excluding hydrogens is 342 g/mol. The van der Waals surface area contributed by atoms with Crippen molar-refractivity contribution in [3.8, 4) is 17.0 Å². The minimum Gasteiger partial charge on any atom is -0.493 e. The number of rotatable bonds is 14. The Balaban J connectivity index is 1.90. The van der Waals surface area contributed by atoms with Crippen LogP contribution < -0.4 is 4.74 Å². The molecule has 2 aromatic rings. The molecule has 2 nitrogen and oxygen atoms in total. The summed E-state index contributed by atoms with van der Waals surface area (Å²) in [5.41, 5.74) is 3.51. The van der Waals surface area contributed by atoms with Gasteiger partial charge in [0.25, 0.3) is 0 Å². The van der Waals surface area contributed by atoms with Crippen molar-refractivity contribution in [2.24, 2.45) is 5.92 Å². The van der Waals surface area contributed by atoms with Crippen molar-refractivity contribution in [1.29, 1.82) is 0 Å². The van der Waals surface area contributed by atoms with Gasteiger partial charge in [0.2, 0.25) is 0 Å². The molecule has 0 N–H and O–H groups in total. The molecule has 0 aliphatic heterocycles. The Morgan fingerprint density at radius 3 is 2.46 bits per heavy atom. The zero-order valence-corrected chi connectivity index (χ0v) is 18.3. The van der Waals surface area contributed by atoms with Crippen molar-refractivity contribution in [2.45, 2.75) is 85.0 Å². The van der Waals surface area contributed by atoms with Gasteiger partial charge in [0.1, 0.15) is 5.75 Å². The van der Waals surface area contributed by atoms with Crippen LogP contribution in [0.25, 0.3) is 11.3 Å². The molecule has 0 aliphatic carbocycles. The number of aromatic nitrogens is 1. The first-order valence-electron chi connectivity index (χ1n) is 11.4. The Kier molecular flexibility index (Phi) is 10.7.